The standard InChI is InChI=1S/C9H16O6.V/c1-6(10)14-8(3)12-5-13-9(4)15-7(2)11;/h8-9H,5H2,1-4H3;. The number of ether oxygens (including phenoxy) is 4. The Bertz CT molecular complexity index is 198. The predicted molar refractivity (Wildman–Crippen MR) is 49.5 cm³/mol. The molecule has 0 aromatic heterocycles. The van der Waals surface area contributed by atoms with Crippen LogP contribution in [0.25, 0.3) is 0 Å². The number of hydrogen-bond donors (Lipinski definition) is 0. The van der Waals surface area contributed by atoms with Gasteiger partial charge in [-0.2, -0.15) is 0 Å². The van der Waals surface area contributed by atoms with E-state index in [1.807, 2.05) is 0 Å². The number of hydrogen-bond acceptors (Lipinski definition) is 6. The first-order chi connectivity index (χ1) is 6.91. The van der Waals surface area contributed by atoms with Crippen molar-refractivity contribution < 1.29 is 47.1 Å². The van der Waals surface area contributed by atoms with Gasteiger partial charge in [-0.1, -0.05) is 0 Å². The molecule has 2 unspecified atom stereocenters. The smallest absolute Gasteiger partial charge is 0.304 e. The molecule has 0 aliphatic carbocycles. The zero-order valence-electron chi connectivity index (χ0n) is 9.76. The molecule has 7 heteroatoms. The molecule has 16 heavy (non-hydrogen) atoms. The molecule has 0 amide bonds. The van der Waals surface area contributed by atoms with Crippen LogP contribution < -0.4 is 0 Å². The fourth-order valence-electron chi connectivity index (χ4n) is 0.766. The molecule has 0 saturated carbocycles. The van der Waals surface area contributed by atoms with Crippen molar-refractivity contribution in [1.29, 1.82) is 0 Å². The van der Waals surface area contributed by atoms with Gasteiger partial charge in [-0.05, 0) is 13.8 Å². The fourth-order valence-corrected chi connectivity index (χ4v) is 0.766. The summed E-state index contributed by atoms with van der Waals surface area (Å²) < 4.78 is 19.2. The molecule has 6 nitrogen and oxygen atoms in total. The predicted octanol–water partition coefficient (Wildman–Crippen LogP) is 0.793. The van der Waals surface area contributed by atoms with Crippen molar-refractivity contribution in [2.24, 2.45) is 0 Å². The molecule has 2 atom stereocenters. The van der Waals surface area contributed by atoms with Gasteiger partial charge in [0, 0.05) is 32.4 Å². The summed E-state index contributed by atoms with van der Waals surface area (Å²) in [6, 6.07) is 0. The molecule has 0 heterocycles. The second-order valence-corrected chi connectivity index (χ2v) is 2.81. The van der Waals surface area contributed by atoms with Gasteiger partial charge in [0.05, 0.1) is 0 Å². The van der Waals surface area contributed by atoms with E-state index in [2.05, 4.69) is 9.47 Å². The topological polar surface area (TPSA) is 71.1 Å². The Labute approximate surface area is 106 Å². The molecule has 0 aromatic rings. The van der Waals surface area contributed by atoms with E-state index in [-0.39, 0.29) is 25.3 Å². The van der Waals surface area contributed by atoms with E-state index in [9.17, 15) is 9.59 Å². The van der Waals surface area contributed by atoms with Crippen molar-refractivity contribution >= 4 is 11.9 Å². The third-order valence-corrected chi connectivity index (χ3v) is 1.27. The van der Waals surface area contributed by atoms with Crippen molar-refractivity contribution in [3.8, 4) is 0 Å². The summed E-state index contributed by atoms with van der Waals surface area (Å²) in [5.41, 5.74) is 0. The maximum Gasteiger partial charge on any atom is 0.304 e. The minimum atomic E-state index is -0.688. The Morgan fingerprint density at radius 3 is 1.50 bits per heavy atom. The van der Waals surface area contributed by atoms with Crippen molar-refractivity contribution in [1.82, 2.24) is 0 Å². The van der Waals surface area contributed by atoms with E-state index < -0.39 is 24.5 Å². The van der Waals surface area contributed by atoms with E-state index in [4.69, 9.17) is 9.47 Å². The summed E-state index contributed by atoms with van der Waals surface area (Å²) in [7, 11) is 0. The fraction of sp³-hybridized carbons (Fsp3) is 0.778. The van der Waals surface area contributed by atoms with Gasteiger partial charge in [-0.15, -0.1) is 0 Å². The van der Waals surface area contributed by atoms with Crippen LogP contribution in [0.1, 0.15) is 27.7 Å². The molecule has 0 spiro atoms. The van der Waals surface area contributed by atoms with Crippen LogP contribution >= 0.6 is 0 Å². The zero-order valence-corrected chi connectivity index (χ0v) is 11.2. The van der Waals surface area contributed by atoms with E-state index in [0.717, 1.165) is 0 Å². The van der Waals surface area contributed by atoms with Crippen LogP contribution in [-0.2, 0) is 47.1 Å². The Morgan fingerprint density at radius 2 is 1.25 bits per heavy atom. The van der Waals surface area contributed by atoms with E-state index >= 15 is 0 Å². The summed E-state index contributed by atoms with van der Waals surface area (Å²) in [5.74, 6) is -0.869. The Kier molecular flexibility index (Phi) is 10.8. The minimum Gasteiger partial charge on any atom is -0.436 e. The molecule has 0 fully saturated rings. The van der Waals surface area contributed by atoms with Crippen LogP contribution in [0.5, 0.6) is 0 Å². The van der Waals surface area contributed by atoms with Gasteiger partial charge >= 0.3 is 11.9 Å². The van der Waals surface area contributed by atoms with Gasteiger partial charge in [0.25, 0.3) is 0 Å². The Balaban J connectivity index is 0. The summed E-state index contributed by atoms with van der Waals surface area (Å²) in [4.78, 5) is 21.0. The molecule has 1 radical (unpaired) electrons. The quantitative estimate of drug-likeness (QED) is 0.525. The number of carbonyl (C=O) groups excluding carboxylic acids is 2. The second-order valence-electron chi connectivity index (χ2n) is 2.81. The van der Waals surface area contributed by atoms with Crippen LogP contribution in [0.3, 0.4) is 0 Å². The van der Waals surface area contributed by atoms with Gasteiger partial charge < -0.3 is 18.9 Å². The van der Waals surface area contributed by atoms with Gasteiger partial charge in [-0.25, -0.2) is 0 Å². The molecule has 0 bridgehead atoms. The van der Waals surface area contributed by atoms with Gasteiger partial charge in [0.1, 0.15) is 0 Å². The van der Waals surface area contributed by atoms with E-state index in [1.165, 1.54) is 13.8 Å². The third kappa shape index (κ3) is 11.5. The Hall–Kier alpha value is -0.556. The summed E-state index contributed by atoms with van der Waals surface area (Å²) in [6.07, 6.45) is -1.38. The van der Waals surface area contributed by atoms with Crippen molar-refractivity contribution in [2.45, 2.75) is 40.3 Å². The number of carbonyl (C=O) groups is 2. The molecule has 0 N–H and O–H groups in total. The second kappa shape index (κ2) is 9.65. The van der Waals surface area contributed by atoms with E-state index in [0.29, 0.717) is 0 Å². The van der Waals surface area contributed by atoms with Crippen molar-refractivity contribution in [3.63, 3.8) is 0 Å². The van der Waals surface area contributed by atoms with Crippen LogP contribution in [-0.4, -0.2) is 31.3 Å². The van der Waals surface area contributed by atoms with Crippen LogP contribution in [0.15, 0.2) is 0 Å². The maximum atomic E-state index is 10.5. The summed E-state index contributed by atoms with van der Waals surface area (Å²) in [6.45, 7) is 5.55. The van der Waals surface area contributed by atoms with Crippen molar-refractivity contribution in [2.75, 3.05) is 6.79 Å². The van der Waals surface area contributed by atoms with Gasteiger partial charge in [0.2, 0.25) is 12.6 Å². The molecule has 0 aliphatic heterocycles. The van der Waals surface area contributed by atoms with E-state index in [1.54, 1.807) is 13.8 Å². The SMILES string of the molecule is CC(=O)OC(C)OCOC(C)OC(C)=O.[V]. The molecule has 0 rings (SSSR count). The first-order valence-electron chi connectivity index (χ1n) is 4.49. The average molecular weight is 271 g/mol. The average Bonchev–Trinajstić information content (AvgIpc) is 2.00. The van der Waals surface area contributed by atoms with Crippen LogP contribution in [0.4, 0.5) is 0 Å². The largest absolute Gasteiger partial charge is 0.436 e. The summed E-state index contributed by atoms with van der Waals surface area (Å²) >= 11 is 0. The first-order valence-corrected chi connectivity index (χ1v) is 4.49. The molecular formula is C9H16O6V. The number of rotatable bonds is 6. The van der Waals surface area contributed by atoms with Gasteiger partial charge in [0.15, 0.2) is 6.79 Å². The monoisotopic (exact) mass is 271 g/mol. The molecule has 0 aliphatic rings. The molecule has 0 saturated heterocycles. The molecular weight excluding hydrogens is 255 g/mol. The minimum absolute atomic E-state index is 0. The first kappa shape index (κ1) is 17.8. The molecule has 93 valence electrons. The van der Waals surface area contributed by atoms with Crippen LogP contribution in [0.2, 0.25) is 0 Å². The number of esters is 2. The molecule has 0 aromatic carbocycles. The maximum absolute atomic E-state index is 10.5. The van der Waals surface area contributed by atoms with Gasteiger partial charge in [-0.3, -0.25) is 9.59 Å². The summed E-state index contributed by atoms with van der Waals surface area (Å²) in [5, 5.41) is 0. The van der Waals surface area contributed by atoms with Crippen molar-refractivity contribution in [3.05, 3.63) is 0 Å². The zero-order chi connectivity index (χ0) is 11.8. The Morgan fingerprint density at radius 1 is 0.938 bits per heavy atom. The van der Waals surface area contributed by atoms with Crippen LogP contribution in [0, 0.1) is 0 Å². The third-order valence-electron chi connectivity index (χ3n) is 1.27. The normalized spacial score (nSPS) is 13.2.